The van der Waals surface area contributed by atoms with E-state index in [1.165, 1.54) is 0 Å². The largest absolute Gasteiger partial charge is 0.497 e. The molecule has 1 N–H and O–H groups in total. The van der Waals surface area contributed by atoms with Crippen molar-refractivity contribution in [1.82, 2.24) is 15.2 Å². The Bertz CT molecular complexity index is 526. The van der Waals surface area contributed by atoms with Gasteiger partial charge in [0, 0.05) is 12.7 Å². The fraction of sp³-hybridized carbons (Fsp3) is 0.385. The third-order valence-electron chi connectivity index (χ3n) is 2.78. The molecule has 1 aromatic carbocycles. The molecule has 1 aromatic heterocycles. The lowest BCUT2D eigenvalue weighted by Gasteiger charge is -2.09. The molecule has 5 heteroatoms. The Morgan fingerprint density at radius 2 is 1.83 bits per heavy atom. The summed E-state index contributed by atoms with van der Waals surface area (Å²) in [7, 11) is 3.30. The van der Waals surface area contributed by atoms with Crippen LogP contribution in [0.2, 0.25) is 0 Å². The Labute approximate surface area is 106 Å². The fourth-order valence-electron chi connectivity index (χ4n) is 2.00. The molecule has 18 heavy (non-hydrogen) atoms. The third kappa shape index (κ3) is 2.36. The fourth-order valence-corrected chi connectivity index (χ4v) is 2.00. The number of ether oxygens (including phenoxy) is 2. The first-order chi connectivity index (χ1) is 8.65. The normalized spacial score (nSPS) is 10.7. The number of nitrogens with zero attached hydrogens (tertiary/aromatic N) is 2. The number of hydrogen-bond acceptors (Lipinski definition) is 4. The second-order valence-corrected chi connectivity index (χ2v) is 4.17. The van der Waals surface area contributed by atoms with E-state index in [9.17, 15) is 0 Å². The van der Waals surface area contributed by atoms with E-state index in [2.05, 4.69) is 15.2 Å². The smallest absolute Gasteiger partial charge is 0.181 e. The van der Waals surface area contributed by atoms with Crippen molar-refractivity contribution in [3.8, 4) is 17.1 Å². The number of methoxy groups -OCH3 is 2. The highest BCUT2D eigenvalue weighted by Gasteiger charge is 2.12. The van der Waals surface area contributed by atoms with E-state index in [0.29, 0.717) is 12.4 Å². The van der Waals surface area contributed by atoms with Gasteiger partial charge in [0.15, 0.2) is 11.6 Å². The third-order valence-corrected chi connectivity index (χ3v) is 2.78. The maximum atomic E-state index is 5.24. The van der Waals surface area contributed by atoms with E-state index in [0.717, 1.165) is 28.3 Å². The minimum Gasteiger partial charge on any atom is -0.497 e. The highest BCUT2D eigenvalue weighted by Crippen LogP contribution is 2.28. The molecule has 0 saturated heterocycles. The van der Waals surface area contributed by atoms with Gasteiger partial charge in [-0.05, 0) is 37.1 Å². The minimum absolute atomic E-state index is 0.432. The molecule has 0 radical (unpaired) electrons. The molecule has 0 aliphatic rings. The average molecular weight is 247 g/mol. The molecule has 96 valence electrons. The molecule has 0 fully saturated rings. The standard InChI is InChI=1S/C13H17N3O2/c1-8-5-10(18-4)6-9(2)12(8)13-14-11(7-17-3)15-16-13/h5-6H,7H2,1-4H3,(H,14,15,16). The zero-order valence-electron chi connectivity index (χ0n) is 11.1. The molecule has 2 aromatic rings. The minimum atomic E-state index is 0.432. The van der Waals surface area contributed by atoms with Gasteiger partial charge in [-0.25, -0.2) is 4.98 Å². The van der Waals surface area contributed by atoms with Crippen LogP contribution in [-0.4, -0.2) is 29.4 Å². The van der Waals surface area contributed by atoms with Gasteiger partial charge in [0.2, 0.25) is 0 Å². The molecule has 1 heterocycles. The summed E-state index contributed by atoms with van der Waals surface area (Å²) in [4.78, 5) is 4.41. The molecular formula is C13H17N3O2. The van der Waals surface area contributed by atoms with E-state index in [-0.39, 0.29) is 0 Å². The van der Waals surface area contributed by atoms with Crippen molar-refractivity contribution < 1.29 is 9.47 Å². The van der Waals surface area contributed by atoms with E-state index in [1.54, 1.807) is 14.2 Å². The lowest BCUT2D eigenvalue weighted by atomic mass is 10.0. The number of aromatic amines is 1. The van der Waals surface area contributed by atoms with Crippen LogP contribution in [0.3, 0.4) is 0 Å². The van der Waals surface area contributed by atoms with Gasteiger partial charge in [-0.1, -0.05) is 0 Å². The van der Waals surface area contributed by atoms with E-state index in [4.69, 9.17) is 9.47 Å². The van der Waals surface area contributed by atoms with E-state index >= 15 is 0 Å². The molecule has 0 unspecified atom stereocenters. The summed E-state index contributed by atoms with van der Waals surface area (Å²) in [5.74, 6) is 2.27. The van der Waals surface area contributed by atoms with Crippen molar-refractivity contribution in [3.05, 3.63) is 29.1 Å². The summed E-state index contributed by atoms with van der Waals surface area (Å²) >= 11 is 0. The second-order valence-electron chi connectivity index (χ2n) is 4.17. The quantitative estimate of drug-likeness (QED) is 0.900. The van der Waals surface area contributed by atoms with Gasteiger partial charge in [-0.2, -0.15) is 5.10 Å². The maximum absolute atomic E-state index is 5.24. The van der Waals surface area contributed by atoms with Gasteiger partial charge < -0.3 is 9.47 Å². The van der Waals surface area contributed by atoms with Gasteiger partial charge >= 0.3 is 0 Å². The van der Waals surface area contributed by atoms with Crippen molar-refractivity contribution >= 4 is 0 Å². The summed E-state index contributed by atoms with van der Waals surface area (Å²) in [6, 6.07) is 3.96. The predicted molar refractivity (Wildman–Crippen MR) is 68.6 cm³/mol. The first kappa shape index (κ1) is 12.6. The number of rotatable bonds is 4. The molecule has 0 aliphatic heterocycles. The van der Waals surface area contributed by atoms with E-state index < -0.39 is 0 Å². The Morgan fingerprint density at radius 3 is 2.39 bits per heavy atom. The Kier molecular flexibility index (Phi) is 3.62. The molecule has 5 nitrogen and oxygen atoms in total. The summed E-state index contributed by atoms with van der Waals surface area (Å²) in [6.07, 6.45) is 0. The number of aromatic nitrogens is 3. The molecule has 2 rings (SSSR count). The van der Waals surface area contributed by atoms with Crippen LogP contribution in [0.25, 0.3) is 11.4 Å². The predicted octanol–water partition coefficient (Wildman–Crippen LogP) is 2.24. The molecule has 0 atom stereocenters. The Hall–Kier alpha value is -1.88. The number of benzene rings is 1. The molecule has 0 spiro atoms. The van der Waals surface area contributed by atoms with Gasteiger partial charge in [-0.15, -0.1) is 0 Å². The van der Waals surface area contributed by atoms with Crippen LogP contribution in [0.1, 0.15) is 17.0 Å². The Balaban J connectivity index is 2.43. The summed E-state index contributed by atoms with van der Waals surface area (Å²) < 4.78 is 10.3. The molecular weight excluding hydrogens is 230 g/mol. The topological polar surface area (TPSA) is 60.0 Å². The van der Waals surface area contributed by atoms with Crippen LogP contribution in [0.4, 0.5) is 0 Å². The van der Waals surface area contributed by atoms with Gasteiger partial charge in [-0.3, -0.25) is 5.10 Å². The van der Waals surface area contributed by atoms with Crippen molar-refractivity contribution in [3.63, 3.8) is 0 Å². The zero-order chi connectivity index (χ0) is 13.1. The van der Waals surface area contributed by atoms with E-state index in [1.807, 2.05) is 26.0 Å². The van der Waals surface area contributed by atoms with Crippen LogP contribution in [-0.2, 0) is 11.3 Å². The highest BCUT2D eigenvalue weighted by atomic mass is 16.5. The molecule has 0 aliphatic carbocycles. The number of H-pyrrole nitrogens is 1. The second kappa shape index (κ2) is 5.18. The SMILES string of the molecule is COCc1nc(-c2c(C)cc(OC)cc2C)n[nH]1. The number of hydrogen-bond donors (Lipinski definition) is 1. The first-order valence-electron chi connectivity index (χ1n) is 5.71. The molecule has 0 saturated carbocycles. The first-order valence-corrected chi connectivity index (χ1v) is 5.71. The van der Waals surface area contributed by atoms with Crippen molar-refractivity contribution in [2.75, 3.05) is 14.2 Å². The van der Waals surface area contributed by atoms with Gasteiger partial charge in [0.25, 0.3) is 0 Å². The Morgan fingerprint density at radius 1 is 1.17 bits per heavy atom. The maximum Gasteiger partial charge on any atom is 0.181 e. The lowest BCUT2D eigenvalue weighted by molar-refractivity contribution is 0.178. The average Bonchev–Trinajstić information content (AvgIpc) is 2.77. The number of nitrogens with one attached hydrogen (secondary N) is 1. The summed E-state index contributed by atoms with van der Waals surface area (Å²) in [5, 5.41) is 7.10. The van der Waals surface area contributed by atoms with Crippen LogP contribution in [0, 0.1) is 13.8 Å². The van der Waals surface area contributed by atoms with Crippen molar-refractivity contribution in [1.29, 1.82) is 0 Å². The molecule has 0 amide bonds. The van der Waals surface area contributed by atoms with Crippen molar-refractivity contribution in [2.45, 2.75) is 20.5 Å². The van der Waals surface area contributed by atoms with Gasteiger partial charge in [0.05, 0.1) is 7.11 Å². The summed E-state index contributed by atoms with van der Waals surface area (Å²) in [6.45, 7) is 4.48. The van der Waals surface area contributed by atoms with Crippen LogP contribution in [0.15, 0.2) is 12.1 Å². The van der Waals surface area contributed by atoms with Gasteiger partial charge in [0.1, 0.15) is 12.4 Å². The summed E-state index contributed by atoms with van der Waals surface area (Å²) in [5.41, 5.74) is 3.22. The van der Waals surface area contributed by atoms with Crippen molar-refractivity contribution in [2.24, 2.45) is 0 Å². The lowest BCUT2D eigenvalue weighted by Crippen LogP contribution is -1.93. The monoisotopic (exact) mass is 247 g/mol. The zero-order valence-corrected chi connectivity index (χ0v) is 11.1. The van der Waals surface area contributed by atoms with Crippen LogP contribution >= 0.6 is 0 Å². The molecule has 0 bridgehead atoms. The number of aryl methyl sites for hydroxylation is 2. The van der Waals surface area contributed by atoms with Crippen LogP contribution in [0.5, 0.6) is 5.75 Å². The van der Waals surface area contributed by atoms with Crippen LogP contribution < -0.4 is 4.74 Å². The highest BCUT2D eigenvalue weighted by molar-refractivity contribution is 5.65.